The zero-order valence-corrected chi connectivity index (χ0v) is 12.6. The highest BCUT2D eigenvalue weighted by atomic mass is 79.9. The molecule has 0 radical (unpaired) electrons. The maximum Gasteiger partial charge on any atom is 0.223 e. The maximum atomic E-state index is 11.7. The number of hydrogen-bond acceptors (Lipinski definition) is 4. The molecule has 0 spiro atoms. The summed E-state index contributed by atoms with van der Waals surface area (Å²) in [7, 11) is 1.53. The third-order valence-electron chi connectivity index (χ3n) is 1.86. The SMILES string of the molecule is COc1nc(Br)ccc1/C=N/[S+]([O-])C(C)(C)C. The Bertz CT molecular complexity index is 418. The van der Waals surface area contributed by atoms with Gasteiger partial charge in [0.15, 0.2) is 0 Å². The lowest BCUT2D eigenvalue weighted by molar-refractivity contribution is 0.396. The van der Waals surface area contributed by atoms with Crippen molar-refractivity contribution in [1.29, 1.82) is 0 Å². The quantitative estimate of drug-likeness (QED) is 0.489. The Morgan fingerprint density at radius 1 is 1.47 bits per heavy atom. The number of ether oxygens (including phenoxy) is 1. The standard InChI is InChI=1S/C11H15BrN2O2S/c1-11(2,3)17(15)13-7-8-5-6-9(12)14-10(8)16-4/h5-7H,1-4H3/b13-7+. The van der Waals surface area contributed by atoms with Crippen molar-refractivity contribution in [2.75, 3.05) is 7.11 Å². The molecular weight excluding hydrogens is 304 g/mol. The van der Waals surface area contributed by atoms with E-state index in [0.29, 0.717) is 16.0 Å². The zero-order valence-electron chi connectivity index (χ0n) is 10.2. The van der Waals surface area contributed by atoms with Crippen molar-refractivity contribution in [3.63, 3.8) is 0 Å². The monoisotopic (exact) mass is 318 g/mol. The van der Waals surface area contributed by atoms with Crippen LogP contribution in [0.5, 0.6) is 5.88 Å². The van der Waals surface area contributed by atoms with Crippen LogP contribution in [0, 0.1) is 0 Å². The highest BCUT2D eigenvalue weighted by molar-refractivity contribution is 9.10. The summed E-state index contributed by atoms with van der Waals surface area (Å²) in [6.45, 7) is 5.62. The molecule has 0 saturated carbocycles. The highest BCUT2D eigenvalue weighted by Gasteiger charge is 2.25. The summed E-state index contributed by atoms with van der Waals surface area (Å²) in [6, 6.07) is 3.59. The first-order chi connectivity index (χ1) is 7.84. The Labute approximate surface area is 113 Å². The van der Waals surface area contributed by atoms with Crippen LogP contribution in [0.1, 0.15) is 26.3 Å². The first kappa shape index (κ1) is 14.5. The number of nitrogens with zero attached hydrogens (tertiary/aromatic N) is 2. The van der Waals surface area contributed by atoms with E-state index >= 15 is 0 Å². The molecule has 0 aliphatic carbocycles. The molecule has 0 aromatic carbocycles. The van der Waals surface area contributed by atoms with Crippen LogP contribution in [0.3, 0.4) is 0 Å². The van der Waals surface area contributed by atoms with Gasteiger partial charge in [-0.1, -0.05) is 4.40 Å². The summed E-state index contributed by atoms with van der Waals surface area (Å²) in [5.41, 5.74) is 0.702. The lowest BCUT2D eigenvalue weighted by atomic mass is 10.3. The number of methoxy groups -OCH3 is 1. The Kier molecular flexibility index (Phi) is 4.97. The molecule has 0 fully saturated rings. The zero-order chi connectivity index (χ0) is 13.1. The van der Waals surface area contributed by atoms with Crippen molar-refractivity contribution in [2.45, 2.75) is 25.5 Å². The predicted molar refractivity (Wildman–Crippen MR) is 74.0 cm³/mol. The molecule has 1 heterocycles. The first-order valence-corrected chi connectivity index (χ1v) is 6.91. The molecule has 0 bridgehead atoms. The van der Waals surface area contributed by atoms with E-state index in [1.807, 2.05) is 20.8 Å². The summed E-state index contributed by atoms with van der Waals surface area (Å²) in [5, 5.41) is 0. The van der Waals surface area contributed by atoms with Gasteiger partial charge in [0.1, 0.15) is 20.7 Å². The minimum atomic E-state index is -1.28. The molecule has 1 unspecified atom stereocenters. The van der Waals surface area contributed by atoms with E-state index in [1.54, 1.807) is 12.1 Å². The summed E-state index contributed by atoms with van der Waals surface area (Å²) < 4.78 is 21.2. The highest BCUT2D eigenvalue weighted by Crippen LogP contribution is 2.20. The van der Waals surface area contributed by atoms with Crippen LogP contribution in [-0.2, 0) is 11.4 Å². The van der Waals surface area contributed by atoms with Gasteiger partial charge in [0.25, 0.3) is 0 Å². The van der Waals surface area contributed by atoms with Crippen molar-refractivity contribution in [3.05, 3.63) is 22.3 Å². The van der Waals surface area contributed by atoms with Crippen LogP contribution < -0.4 is 4.74 Å². The van der Waals surface area contributed by atoms with Crippen LogP contribution in [0.2, 0.25) is 0 Å². The molecule has 1 aromatic rings. The Hall–Kier alpha value is -0.590. The molecule has 1 rings (SSSR count). The van der Waals surface area contributed by atoms with E-state index in [0.717, 1.165) is 0 Å². The topological polar surface area (TPSA) is 57.5 Å². The lowest BCUT2D eigenvalue weighted by Crippen LogP contribution is -2.25. The molecule has 0 saturated heterocycles. The van der Waals surface area contributed by atoms with Gasteiger partial charge in [-0.25, -0.2) is 4.98 Å². The average Bonchev–Trinajstić information content (AvgIpc) is 2.25. The second kappa shape index (κ2) is 5.84. The Balaban J connectivity index is 2.92. The second-order valence-electron chi connectivity index (χ2n) is 4.33. The van der Waals surface area contributed by atoms with E-state index in [9.17, 15) is 4.55 Å². The molecule has 4 nitrogen and oxygen atoms in total. The second-order valence-corrected chi connectivity index (χ2v) is 7.07. The van der Waals surface area contributed by atoms with E-state index in [4.69, 9.17) is 4.74 Å². The summed E-state index contributed by atoms with van der Waals surface area (Å²) >= 11 is 1.97. The third-order valence-corrected chi connectivity index (χ3v) is 3.65. The molecule has 1 atom stereocenters. The Morgan fingerprint density at radius 2 is 2.12 bits per heavy atom. The first-order valence-electron chi connectivity index (χ1n) is 5.01. The molecule has 1 aromatic heterocycles. The number of halogens is 1. The molecule has 0 aliphatic rings. The third kappa shape index (κ3) is 4.29. The average molecular weight is 319 g/mol. The van der Waals surface area contributed by atoms with Gasteiger partial charge in [0.2, 0.25) is 5.88 Å². The van der Waals surface area contributed by atoms with Crippen molar-refractivity contribution >= 4 is 33.5 Å². The number of pyridine rings is 1. The van der Waals surface area contributed by atoms with E-state index in [1.165, 1.54) is 13.3 Å². The van der Waals surface area contributed by atoms with Crippen LogP contribution in [0.25, 0.3) is 0 Å². The van der Waals surface area contributed by atoms with E-state index < -0.39 is 11.4 Å². The van der Waals surface area contributed by atoms with Gasteiger partial charge >= 0.3 is 0 Å². The Morgan fingerprint density at radius 3 is 2.65 bits per heavy atom. The summed E-state index contributed by atoms with van der Waals surface area (Å²) in [6.07, 6.45) is 1.53. The fourth-order valence-electron chi connectivity index (χ4n) is 0.953. The largest absolute Gasteiger partial charge is 0.591 e. The minimum absolute atomic E-state index is 0.369. The van der Waals surface area contributed by atoms with Crippen LogP contribution in [0.4, 0.5) is 0 Å². The smallest absolute Gasteiger partial charge is 0.223 e. The van der Waals surface area contributed by atoms with E-state index in [2.05, 4.69) is 25.3 Å². The van der Waals surface area contributed by atoms with Gasteiger partial charge in [0.05, 0.1) is 18.9 Å². The molecule has 0 aliphatic heterocycles. The van der Waals surface area contributed by atoms with Crippen molar-refractivity contribution in [2.24, 2.45) is 4.40 Å². The van der Waals surface area contributed by atoms with Gasteiger partial charge < -0.3 is 9.29 Å². The van der Waals surface area contributed by atoms with Crippen molar-refractivity contribution in [3.8, 4) is 5.88 Å². The fraction of sp³-hybridized carbons (Fsp3) is 0.455. The van der Waals surface area contributed by atoms with Crippen LogP contribution >= 0.6 is 15.9 Å². The molecule has 0 N–H and O–H groups in total. The van der Waals surface area contributed by atoms with Crippen LogP contribution in [0.15, 0.2) is 21.1 Å². The number of hydrogen-bond donors (Lipinski definition) is 0. The van der Waals surface area contributed by atoms with Crippen LogP contribution in [-0.4, -0.2) is 27.6 Å². The van der Waals surface area contributed by atoms with Gasteiger partial charge in [-0.15, -0.1) is 0 Å². The van der Waals surface area contributed by atoms with Crippen molar-refractivity contribution in [1.82, 2.24) is 4.98 Å². The van der Waals surface area contributed by atoms with Gasteiger partial charge in [-0.2, -0.15) is 0 Å². The lowest BCUT2D eigenvalue weighted by Gasteiger charge is -2.17. The maximum absolute atomic E-state index is 11.7. The molecular formula is C11H15BrN2O2S. The molecule has 17 heavy (non-hydrogen) atoms. The molecule has 6 heteroatoms. The van der Waals surface area contributed by atoms with Gasteiger partial charge in [-0.05, 0) is 48.8 Å². The molecule has 0 amide bonds. The normalized spacial score (nSPS) is 14.0. The summed E-state index contributed by atoms with van der Waals surface area (Å²) in [4.78, 5) is 4.14. The predicted octanol–water partition coefficient (Wildman–Crippen LogP) is 2.73. The minimum Gasteiger partial charge on any atom is -0.591 e. The number of aromatic nitrogens is 1. The fourth-order valence-corrected chi connectivity index (χ4v) is 1.77. The van der Waals surface area contributed by atoms with E-state index in [-0.39, 0.29) is 4.75 Å². The number of rotatable bonds is 3. The summed E-state index contributed by atoms with van der Waals surface area (Å²) in [5.74, 6) is 0.453. The van der Waals surface area contributed by atoms with Gasteiger partial charge in [0, 0.05) is 0 Å². The molecule has 94 valence electrons. The van der Waals surface area contributed by atoms with Crippen molar-refractivity contribution < 1.29 is 9.29 Å². The van der Waals surface area contributed by atoms with Gasteiger partial charge in [-0.3, -0.25) is 0 Å².